The third-order valence-electron chi connectivity index (χ3n) is 3.37. The summed E-state index contributed by atoms with van der Waals surface area (Å²) in [5, 5.41) is 4.32. The molecule has 0 aliphatic rings. The number of sulfonamides is 1. The van der Waals surface area contributed by atoms with Crippen LogP contribution in [0.1, 0.15) is 11.3 Å². The fourth-order valence-electron chi connectivity index (χ4n) is 2.28. The molecule has 1 heterocycles. The number of hydrogen-bond acceptors (Lipinski definition) is 3. The Hall–Kier alpha value is -1.08. The van der Waals surface area contributed by atoms with Crippen molar-refractivity contribution in [1.82, 2.24) is 14.1 Å². The first kappa shape index (κ1) is 18.3. The van der Waals surface area contributed by atoms with Crippen molar-refractivity contribution >= 4 is 33.2 Å². The van der Waals surface area contributed by atoms with Gasteiger partial charge in [-0.1, -0.05) is 30.3 Å². The lowest BCUT2D eigenvalue weighted by Crippen LogP contribution is -2.34. The number of hydrogen-bond donors (Lipinski definition) is 0. The van der Waals surface area contributed by atoms with Crippen LogP contribution in [-0.4, -0.2) is 47.4 Å². The zero-order valence-corrected chi connectivity index (χ0v) is 15.2. The molecule has 0 aliphatic heterocycles. The minimum Gasteiger partial charge on any atom is -0.267 e. The number of rotatable bonds is 8. The van der Waals surface area contributed by atoms with E-state index < -0.39 is 10.0 Å². The second kappa shape index (κ2) is 8.15. The lowest BCUT2D eigenvalue weighted by molar-refractivity contribution is 0.448. The summed E-state index contributed by atoms with van der Waals surface area (Å²) in [4.78, 5) is 0.198. The summed E-state index contributed by atoms with van der Waals surface area (Å²) >= 11 is 11.4. The first-order valence-electron chi connectivity index (χ1n) is 7.19. The molecule has 5 nitrogen and oxygen atoms in total. The largest absolute Gasteiger partial charge is 0.267 e. The number of halogens is 2. The van der Waals surface area contributed by atoms with E-state index in [1.165, 1.54) is 4.31 Å². The van der Waals surface area contributed by atoms with E-state index >= 15 is 0 Å². The summed E-state index contributed by atoms with van der Waals surface area (Å²) in [5.41, 5.74) is 1.52. The van der Waals surface area contributed by atoms with E-state index in [1.807, 2.05) is 30.3 Å². The molecule has 8 heteroatoms. The average Bonchev–Trinajstić information content (AvgIpc) is 2.89. The molecule has 2 rings (SSSR count). The van der Waals surface area contributed by atoms with Gasteiger partial charge in [0.05, 0.1) is 12.2 Å². The number of aromatic nitrogens is 2. The van der Waals surface area contributed by atoms with E-state index in [0.29, 0.717) is 12.2 Å². The topological polar surface area (TPSA) is 55.2 Å². The Labute approximate surface area is 146 Å². The molecule has 0 spiro atoms. The third kappa shape index (κ3) is 4.47. The van der Waals surface area contributed by atoms with E-state index in [4.69, 9.17) is 23.2 Å². The normalized spacial score (nSPS) is 12.0. The minimum absolute atomic E-state index is 0.198. The summed E-state index contributed by atoms with van der Waals surface area (Å²) in [5.74, 6) is 0.431. The molecule has 1 aromatic carbocycles. The molecular formula is C15H19Cl2N3O2S. The molecule has 0 unspecified atom stereocenters. The van der Waals surface area contributed by atoms with Crippen LogP contribution in [0.3, 0.4) is 0 Å². The molecule has 126 valence electrons. The van der Waals surface area contributed by atoms with Crippen LogP contribution in [0.25, 0.3) is 0 Å². The van der Waals surface area contributed by atoms with Crippen LogP contribution in [0, 0.1) is 6.92 Å². The molecule has 1 aromatic heterocycles. The van der Waals surface area contributed by atoms with Crippen LogP contribution in [-0.2, 0) is 16.6 Å². The minimum atomic E-state index is -3.65. The van der Waals surface area contributed by atoms with Crippen molar-refractivity contribution in [2.75, 3.05) is 24.8 Å². The molecule has 2 aromatic rings. The van der Waals surface area contributed by atoms with Gasteiger partial charge in [0.1, 0.15) is 4.90 Å². The van der Waals surface area contributed by atoms with E-state index in [-0.39, 0.29) is 29.7 Å². The van der Waals surface area contributed by atoms with Gasteiger partial charge in [-0.05, 0) is 12.5 Å². The molecule has 0 N–H and O–H groups in total. The Kier molecular flexibility index (Phi) is 6.47. The molecular weight excluding hydrogens is 357 g/mol. The smallest absolute Gasteiger partial charge is 0.246 e. The van der Waals surface area contributed by atoms with Crippen molar-refractivity contribution in [2.45, 2.75) is 18.4 Å². The van der Waals surface area contributed by atoms with Crippen LogP contribution in [0.15, 0.2) is 41.4 Å². The summed E-state index contributed by atoms with van der Waals surface area (Å²) in [6.45, 7) is 2.65. The predicted octanol–water partition coefficient (Wildman–Crippen LogP) is 2.71. The van der Waals surface area contributed by atoms with E-state index in [9.17, 15) is 8.42 Å². The first-order valence-corrected chi connectivity index (χ1v) is 9.70. The van der Waals surface area contributed by atoms with Gasteiger partial charge in [-0.2, -0.15) is 9.40 Å². The average molecular weight is 376 g/mol. The van der Waals surface area contributed by atoms with Crippen molar-refractivity contribution in [3.8, 4) is 0 Å². The SMILES string of the molecule is Cc1nn(Cc2ccccc2)cc1S(=O)(=O)N(CCCl)CCCl. The van der Waals surface area contributed by atoms with E-state index in [1.54, 1.807) is 17.8 Å². The molecule has 0 saturated heterocycles. The summed E-state index contributed by atoms with van der Waals surface area (Å²) in [6.07, 6.45) is 1.56. The van der Waals surface area contributed by atoms with Crippen molar-refractivity contribution in [1.29, 1.82) is 0 Å². The van der Waals surface area contributed by atoms with Crippen LogP contribution >= 0.6 is 23.2 Å². The fourth-order valence-corrected chi connectivity index (χ4v) is 4.50. The van der Waals surface area contributed by atoms with Crippen LogP contribution in [0.2, 0.25) is 0 Å². The van der Waals surface area contributed by atoms with Gasteiger partial charge in [0.15, 0.2) is 0 Å². The molecule has 0 atom stereocenters. The Balaban J connectivity index is 2.28. The van der Waals surface area contributed by atoms with Gasteiger partial charge in [-0.15, -0.1) is 23.2 Å². The van der Waals surface area contributed by atoms with E-state index in [2.05, 4.69) is 5.10 Å². The first-order chi connectivity index (χ1) is 11.0. The van der Waals surface area contributed by atoms with Crippen LogP contribution < -0.4 is 0 Å². The van der Waals surface area contributed by atoms with Gasteiger partial charge in [-0.3, -0.25) is 4.68 Å². The summed E-state index contributed by atoms with van der Waals surface area (Å²) in [6, 6.07) is 9.75. The number of alkyl halides is 2. The van der Waals surface area contributed by atoms with Crippen molar-refractivity contribution < 1.29 is 8.42 Å². The van der Waals surface area contributed by atoms with Gasteiger partial charge in [0, 0.05) is 31.0 Å². The van der Waals surface area contributed by atoms with Gasteiger partial charge in [0.2, 0.25) is 10.0 Å². The molecule has 0 radical (unpaired) electrons. The summed E-state index contributed by atoms with van der Waals surface area (Å²) < 4.78 is 28.4. The number of nitrogens with zero attached hydrogens (tertiary/aromatic N) is 3. The third-order valence-corrected chi connectivity index (χ3v) is 5.71. The Morgan fingerprint density at radius 3 is 2.30 bits per heavy atom. The van der Waals surface area contributed by atoms with Crippen molar-refractivity contribution in [2.24, 2.45) is 0 Å². The highest BCUT2D eigenvalue weighted by Crippen LogP contribution is 2.19. The number of aryl methyl sites for hydroxylation is 1. The van der Waals surface area contributed by atoms with Gasteiger partial charge in [-0.25, -0.2) is 8.42 Å². The molecule has 0 amide bonds. The molecule has 0 saturated carbocycles. The second-order valence-electron chi connectivity index (χ2n) is 5.04. The maximum atomic E-state index is 12.8. The highest BCUT2D eigenvalue weighted by Gasteiger charge is 2.27. The molecule has 23 heavy (non-hydrogen) atoms. The van der Waals surface area contributed by atoms with Gasteiger partial charge >= 0.3 is 0 Å². The Bertz CT molecular complexity index is 726. The Morgan fingerprint density at radius 1 is 1.13 bits per heavy atom. The molecule has 0 bridgehead atoms. The zero-order valence-electron chi connectivity index (χ0n) is 12.8. The maximum absolute atomic E-state index is 12.8. The van der Waals surface area contributed by atoms with Crippen LogP contribution in [0.4, 0.5) is 0 Å². The Morgan fingerprint density at radius 2 is 1.74 bits per heavy atom. The highest BCUT2D eigenvalue weighted by atomic mass is 35.5. The predicted molar refractivity (Wildman–Crippen MR) is 92.7 cm³/mol. The standard InChI is InChI=1S/C15H19Cl2N3O2S/c1-13-15(23(21,22)20(9-7-16)10-8-17)12-19(18-13)11-14-5-3-2-4-6-14/h2-6,12H,7-11H2,1H3. The summed E-state index contributed by atoms with van der Waals surface area (Å²) in [7, 11) is -3.65. The monoisotopic (exact) mass is 375 g/mol. The lowest BCUT2D eigenvalue weighted by atomic mass is 10.2. The second-order valence-corrected chi connectivity index (χ2v) is 7.71. The fraction of sp³-hybridized carbons (Fsp3) is 0.400. The van der Waals surface area contributed by atoms with Crippen molar-refractivity contribution in [3.05, 3.63) is 47.8 Å². The molecule has 0 aliphatic carbocycles. The van der Waals surface area contributed by atoms with Crippen molar-refractivity contribution in [3.63, 3.8) is 0 Å². The highest BCUT2D eigenvalue weighted by molar-refractivity contribution is 7.89. The maximum Gasteiger partial charge on any atom is 0.246 e. The van der Waals surface area contributed by atoms with Gasteiger partial charge in [0.25, 0.3) is 0 Å². The lowest BCUT2D eigenvalue weighted by Gasteiger charge is -2.19. The van der Waals surface area contributed by atoms with E-state index in [0.717, 1.165) is 5.56 Å². The van der Waals surface area contributed by atoms with Gasteiger partial charge < -0.3 is 0 Å². The molecule has 0 fully saturated rings. The zero-order chi connectivity index (χ0) is 16.9. The van der Waals surface area contributed by atoms with Crippen LogP contribution in [0.5, 0.6) is 0 Å². The quantitative estimate of drug-likeness (QED) is 0.666. The number of benzene rings is 1.